The maximum absolute atomic E-state index is 2.78. The Kier molecular flexibility index (Phi) is 2.16. The molecule has 1 aliphatic carbocycles. The highest BCUT2D eigenvalue weighted by Crippen LogP contribution is 2.41. The van der Waals surface area contributed by atoms with Crippen LogP contribution in [0.4, 0.5) is 0 Å². The molecule has 0 amide bonds. The van der Waals surface area contributed by atoms with Crippen molar-refractivity contribution in [3.8, 4) is 0 Å². The molecule has 1 aromatic rings. The number of hydrogen-bond donors (Lipinski definition) is 0. The summed E-state index contributed by atoms with van der Waals surface area (Å²) in [5, 5.41) is 0. The van der Waals surface area contributed by atoms with Crippen LogP contribution in [0.25, 0.3) is 5.57 Å². The van der Waals surface area contributed by atoms with Crippen LogP contribution in [0.5, 0.6) is 0 Å². The largest absolute Gasteiger partial charge is 0.293 e. The number of rotatable bonds is 0. The molecule has 3 aliphatic rings. The molecule has 1 aromatic carbocycles. The average molecular weight is 225 g/mol. The summed E-state index contributed by atoms with van der Waals surface area (Å²) in [6.45, 7) is 1.33. The van der Waals surface area contributed by atoms with Gasteiger partial charge < -0.3 is 0 Å². The van der Waals surface area contributed by atoms with Gasteiger partial charge in [-0.1, -0.05) is 30.3 Å². The van der Waals surface area contributed by atoms with Crippen LogP contribution in [0.2, 0.25) is 0 Å². The molecular formula is C16H19N. The van der Waals surface area contributed by atoms with Gasteiger partial charge in [0, 0.05) is 12.1 Å². The van der Waals surface area contributed by atoms with Crippen LogP contribution in [-0.2, 0) is 6.42 Å². The molecule has 0 spiro atoms. The fourth-order valence-corrected chi connectivity index (χ4v) is 4.02. The molecule has 1 heteroatoms. The molecule has 88 valence electrons. The zero-order valence-electron chi connectivity index (χ0n) is 10.2. The summed E-state index contributed by atoms with van der Waals surface area (Å²) in [5.41, 5.74) is 4.73. The van der Waals surface area contributed by atoms with Gasteiger partial charge in [-0.25, -0.2) is 0 Å². The highest BCUT2D eigenvalue weighted by molar-refractivity contribution is 5.74. The SMILES string of the molecule is C1=C2c3ccccc3CC[C@H]2N2CCC[C@H]2C1. The molecule has 4 rings (SSSR count). The summed E-state index contributed by atoms with van der Waals surface area (Å²) in [6.07, 6.45) is 9.24. The van der Waals surface area contributed by atoms with E-state index in [4.69, 9.17) is 0 Å². The van der Waals surface area contributed by atoms with E-state index in [2.05, 4.69) is 35.2 Å². The van der Waals surface area contributed by atoms with Crippen LogP contribution in [-0.4, -0.2) is 23.5 Å². The van der Waals surface area contributed by atoms with Crippen molar-refractivity contribution < 1.29 is 0 Å². The quantitative estimate of drug-likeness (QED) is 0.655. The summed E-state index contributed by atoms with van der Waals surface area (Å²) in [6, 6.07) is 10.6. The Hall–Kier alpha value is -1.08. The van der Waals surface area contributed by atoms with Crippen molar-refractivity contribution in [3.05, 3.63) is 41.5 Å². The Morgan fingerprint density at radius 1 is 1.12 bits per heavy atom. The second-order valence-corrected chi connectivity index (χ2v) is 5.64. The first-order chi connectivity index (χ1) is 8.43. The fourth-order valence-electron chi connectivity index (χ4n) is 4.02. The van der Waals surface area contributed by atoms with Crippen LogP contribution in [0.3, 0.4) is 0 Å². The number of fused-ring (bicyclic) bond motifs is 5. The molecule has 17 heavy (non-hydrogen) atoms. The first kappa shape index (κ1) is 9.90. The smallest absolute Gasteiger partial charge is 0.0357 e. The lowest BCUT2D eigenvalue weighted by atomic mass is 9.80. The first-order valence-electron chi connectivity index (χ1n) is 6.97. The highest BCUT2D eigenvalue weighted by Gasteiger charge is 2.37. The molecule has 1 fully saturated rings. The summed E-state index contributed by atoms with van der Waals surface area (Å²) in [7, 11) is 0. The minimum atomic E-state index is 0.728. The minimum Gasteiger partial charge on any atom is -0.293 e. The van der Waals surface area contributed by atoms with Gasteiger partial charge in [-0.2, -0.15) is 0 Å². The molecule has 2 atom stereocenters. The molecule has 1 nitrogen and oxygen atoms in total. The average Bonchev–Trinajstić information content (AvgIpc) is 2.86. The number of hydrogen-bond acceptors (Lipinski definition) is 1. The first-order valence-corrected chi connectivity index (χ1v) is 6.97. The number of benzene rings is 1. The van der Waals surface area contributed by atoms with E-state index in [9.17, 15) is 0 Å². The van der Waals surface area contributed by atoms with Gasteiger partial charge in [-0.3, -0.25) is 4.90 Å². The van der Waals surface area contributed by atoms with Crippen LogP contribution in [0.15, 0.2) is 30.3 Å². The predicted molar refractivity (Wildman–Crippen MR) is 70.9 cm³/mol. The molecule has 0 saturated carbocycles. The Bertz CT molecular complexity index is 474. The van der Waals surface area contributed by atoms with Crippen molar-refractivity contribution in [2.45, 2.75) is 44.2 Å². The lowest BCUT2D eigenvalue weighted by Crippen LogP contribution is -2.44. The zero-order chi connectivity index (χ0) is 11.2. The Balaban J connectivity index is 1.79. The molecule has 1 saturated heterocycles. The molecule has 0 unspecified atom stereocenters. The molecule has 0 N–H and O–H groups in total. The third-order valence-electron chi connectivity index (χ3n) is 4.81. The lowest BCUT2D eigenvalue weighted by Gasteiger charge is -2.41. The third-order valence-corrected chi connectivity index (χ3v) is 4.81. The number of aryl methyl sites for hydroxylation is 1. The summed E-state index contributed by atoms with van der Waals surface area (Å²) in [5.74, 6) is 0. The molecule has 2 aliphatic heterocycles. The minimum absolute atomic E-state index is 0.728. The summed E-state index contributed by atoms with van der Waals surface area (Å²) in [4.78, 5) is 2.78. The second-order valence-electron chi connectivity index (χ2n) is 5.64. The Morgan fingerprint density at radius 3 is 3.06 bits per heavy atom. The monoisotopic (exact) mass is 225 g/mol. The van der Waals surface area contributed by atoms with E-state index < -0.39 is 0 Å². The van der Waals surface area contributed by atoms with E-state index in [-0.39, 0.29) is 0 Å². The van der Waals surface area contributed by atoms with Gasteiger partial charge in [-0.15, -0.1) is 0 Å². The topological polar surface area (TPSA) is 3.24 Å². The van der Waals surface area contributed by atoms with Gasteiger partial charge >= 0.3 is 0 Å². The van der Waals surface area contributed by atoms with Gasteiger partial charge in [0.1, 0.15) is 0 Å². The van der Waals surface area contributed by atoms with Crippen LogP contribution < -0.4 is 0 Å². The highest BCUT2D eigenvalue weighted by atomic mass is 15.2. The van der Waals surface area contributed by atoms with Gasteiger partial charge in [-0.05, 0) is 55.3 Å². The second kappa shape index (κ2) is 3.71. The van der Waals surface area contributed by atoms with E-state index in [0.717, 1.165) is 12.1 Å². The van der Waals surface area contributed by atoms with Crippen molar-refractivity contribution in [3.63, 3.8) is 0 Å². The van der Waals surface area contributed by atoms with Gasteiger partial charge in [0.2, 0.25) is 0 Å². The van der Waals surface area contributed by atoms with Gasteiger partial charge in [0.05, 0.1) is 0 Å². The van der Waals surface area contributed by atoms with Crippen LogP contribution in [0.1, 0.15) is 36.8 Å². The van der Waals surface area contributed by atoms with E-state index in [1.807, 2.05) is 0 Å². The van der Waals surface area contributed by atoms with Gasteiger partial charge in [0.15, 0.2) is 0 Å². The van der Waals surface area contributed by atoms with E-state index in [1.165, 1.54) is 44.2 Å². The van der Waals surface area contributed by atoms with Crippen LogP contribution in [0, 0.1) is 0 Å². The Labute approximate surface area is 103 Å². The van der Waals surface area contributed by atoms with Crippen molar-refractivity contribution in [1.82, 2.24) is 4.90 Å². The van der Waals surface area contributed by atoms with Crippen LogP contribution >= 0.6 is 0 Å². The third kappa shape index (κ3) is 1.42. The molecular weight excluding hydrogens is 206 g/mol. The van der Waals surface area contributed by atoms with Crippen molar-refractivity contribution in [1.29, 1.82) is 0 Å². The van der Waals surface area contributed by atoms with E-state index >= 15 is 0 Å². The zero-order valence-corrected chi connectivity index (χ0v) is 10.2. The number of nitrogens with zero attached hydrogens (tertiary/aromatic N) is 1. The van der Waals surface area contributed by atoms with E-state index in [1.54, 1.807) is 11.1 Å². The van der Waals surface area contributed by atoms with E-state index in [0.29, 0.717) is 0 Å². The molecule has 0 radical (unpaired) electrons. The van der Waals surface area contributed by atoms with Crippen molar-refractivity contribution in [2.24, 2.45) is 0 Å². The predicted octanol–water partition coefficient (Wildman–Crippen LogP) is 3.25. The molecule has 0 bridgehead atoms. The van der Waals surface area contributed by atoms with Crippen molar-refractivity contribution >= 4 is 5.57 Å². The normalized spacial score (nSPS) is 31.4. The standard InChI is InChI=1S/C16H19N/c1-2-6-14-12(4-1)7-10-16-15(14)9-8-13-5-3-11-17(13)16/h1-2,4,6,9,13,16H,3,5,7-8,10-11H2/t13-,16+/m0/s1. The Morgan fingerprint density at radius 2 is 2.06 bits per heavy atom. The maximum atomic E-state index is 2.78. The van der Waals surface area contributed by atoms with Gasteiger partial charge in [0.25, 0.3) is 0 Å². The maximum Gasteiger partial charge on any atom is 0.0357 e. The van der Waals surface area contributed by atoms with Crippen molar-refractivity contribution in [2.75, 3.05) is 6.54 Å². The fraction of sp³-hybridized carbons (Fsp3) is 0.500. The summed E-state index contributed by atoms with van der Waals surface area (Å²) >= 11 is 0. The molecule has 0 aromatic heterocycles. The molecule has 2 heterocycles. The summed E-state index contributed by atoms with van der Waals surface area (Å²) < 4.78 is 0. The lowest BCUT2D eigenvalue weighted by molar-refractivity contribution is 0.197.